The summed E-state index contributed by atoms with van der Waals surface area (Å²) < 4.78 is 0. The summed E-state index contributed by atoms with van der Waals surface area (Å²) in [6, 6.07) is 10.0. The summed E-state index contributed by atoms with van der Waals surface area (Å²) in [4.78, 5) is 26.9. The van der Waals surface area contributed by atoms with Crippen LogP contribution in [0, 0.1) is 5.92 Å². The number of nitrogens with one attached hydrogen (secondary N) is 1. The third kappa shape index (κ3) is 3.78. The third-order valence-electron chi connectivity index (χ3n) is 5.89. The lowest BCUT2D eigenvalue weighted by molar-refractivity contribution is -0.134. The molecule has 2 fully saturated rings. The zero-order valence-electron chi connectivity index (χ0n) is 14.9. The Morgan fingerprint density at radius 3 is 2.40 bits per heavy atom. The SMILES string of the molecule is C=CC(=O)N1CCC(C(=O)NCC2CCCC2)(c2ccccc2)CC1. The number of likely N-dealkylation sites (tertiary alicyclic amines) is 1. The molecule has 3 rings (SSSR count). The monoisotopic (exact) mass is 340 g/mol. The van der Waals surface area contributed by atoms with E-state index >= 15 is 0 Å². The molecule has 2 aliphatic rings. The molecule has 1 aliphatic carbocycles. The molecule has 0 bridgehead atoms. The summed E-state index contributed by atoms with van der Waals surface area (Å²) >= 11 is 0. The van der Waals surface area contributed by atoms with E-state index in [0.717, 1.165) is 12.1 Å². The third-order valence-corrected chi connectivity index (χ3v) is 5.89. The summed E-state index contributed by atoms with van der Waals surface area (Å²) in [7, 11) is 0. The van der Waals surface area contributed by atoms with Gasteiger partial charge in [-0.25, -0.2) is 0 Å². The molecule has 1 aromatic carbocycles. The van der Waals surface area contributed by atoms with Gasteiger partial charge < -0.3 is 10.2 Å². The first-order chi connectivity index (χ1) is 12.2. The number of hydrogen-bond donors (Lipinski definition) is 1. The molecule has 1 aromatic rings. The van der Waals surface area contributed by atoms with Crippen LogP contribution in [0.2, 0.25) is 0 Å². The summed E-state index contributed by atoms with van der Waals surface area (Å²) in [5, 5.41) is 3.23. The molecule has 1 heterocycles. The van der Waals surface area contributed by atoms with Crippen molar-refractivity contribution < 1.29 is 9.59 Å². The van der Waals surface area contributed by atoms with Gasteiger partial charge in [0.15, 0.2) is 0 Å². The van der Waals surface area contributed by atoms with Crippen LogP contribution in [0.3, 0.4) is 0 Å². The first-order valence-corrected chi connectivity index (χ1v) is 9.41. The van der Waals surface area contributed by atoms with Crippen molar-refractivity contribution in [2.24, 2.45) is 5.92 Å². The molecule has 1 N–H and O–H groups in total. The van der Waals surface area contributed by atoms with E-state index in [1.807, 2.05) is 30.3 Å². The van der Waals surface area contributed by atoms with Gasteiger partial charge in [0.25, 0.3) is 0 Å². The molecule has 0 unspecified atom stereocenters. The Balaban J connectivity index is 1.75. The van der Waals surface area contributed by atoms with Crippen molar-refractivity contribution in [2.45, 2.75) is 43.9 Å². The van der Waals surface area contributed by atoms with E-state index in [0.29, 0.717) is 31.8 Å². The minimum Gasteiger partial charge on any atom is -0.355 e. The summed E-state index contributed by atoms with van der Waals surface area (Å²) in [5.74, 6) is 0.698. The molecular formula is C21H28N2O2. The highest BCUT2D eigenvalue weighted by atomic mass is 16.2. The van der Waals surface area contributed by atoms with Gasteiger partial charge in [0.1, 0.15) is 0 Å². The highest BCUT2D eigenvalue weighted by Gasteiger charge is 2.43. The highest BCUT2D eigenvalue weighted by molar-refractivity contribution is 5.90. The van der Waals surface area contributed by atoms with Gasteiger partial charge in [0.2, 0.25) is 11.8 Å². The fourth-order valence-corrected chi connectivity index (χ4v) is 4.26. The first kappa shape index (κ1) is 17.7. The fourth-order valence-electron chi connectivity index (χ4n) is 4.26. The molecule has 0 atom stereocenters. The molecule has 4 heteroatoms. The predicted octanol–water partition coefficient (Wildman–Crippen LogP) is 3.04. The molecule has 0 radical (unpaired) electrons. The lowest BCUT2D eigenvalue weighted by Gasteiger charge is -2.41. The van der Waals surface area contributed by atoms with Crippen molar-refractivity contribution in [1.29, 1.82) is 0 Å². The van der Waals surface area contributed by atoms with Crippen LogP contribution in [0.15, 0.2) is 43.0 Å². The average Bonchev–Trinajstić information content (AvgIpc) is 3.20. The quantitative estimate of drug-likeness (QED) is 0.838. The van der Waals surface area contributed by atoms with E-state index in [4.69, 9.17) is 0 Å². The molecule has 134 valence electrons. The second-order valence-corrected chi connectivity index (χ2v) is 7.34. The van der Waals surface area contributed by atoms with Gasteiger partial charge in [0, 0.05) is 19.6 Å². The minimum atomic E-state index is -0.530. The zero-order valence-corrected chi connectivity index (χ0v) is 14.9. The van der Waals surface area contributed by atoms with Crippen LogP contribution < -0.4 is 5.32 Å². The number of benzene rings is 1. The van der Waals surface area contributed by atoms with E-state index in [9.17, 15) is 9.59 Å². The maximum atomic E-state index is 13.2. The van der Waals surface area contributed by atoms with Gasteiger partial charge in [0.05, 0.1) is 5.41 Å². The Hall–Kier alpha value is -2.10. The molecular weight excluding hydrogens is 312 g/mol. The van der Waals surface area contributed by atoms with E-state index < -0.39 is 5.41 Å². The Labute approximate surface area is 150 Å². The number of rotatable bonds is 5. The zero-order chi connectivity index (χ0) is 17.7. The lowest BCUT2D eigenvalue weighted by atomic mass is 9.72. The predicted molar refractivity (Wildman–Crippen MR) is 99.1 cm³/mol. The Morgan fingerprint density at radius 2 is 1.80 bits per heavy atom. The topological polar surface area (TPSA) is 49.4 Å². The molecule has 2 amide bonds. The number of carbonyl (C=O) groups excluding carboxylic acids is 2. The van der Waals surface area contributed by atoms with Crippen LogP contribution >= 0.6 is 0 Å². The second kappa shape index (κ2) is 7.85. The first-order valence-electron chi connectivity index (χ1n) is 9.41. The fraction of sp³-hybridized carbons (Fsp3) is 0.524. The number of hydrogen-bond acceptors (Lipinski definition) is 2. The van der Waals surface area contributed by atoms with Crippen LogP contribution in [-0.4, -0.2) is 36.3 Å². The number of amides is 2. The van der Waals surface area contributed by atoms with Crippen molar-refractivity contribution in [1.82, 2.24) is 10.2 Å². The van der Waals surface area contributed by atoms with E-state index in [-0.39, 0.29) is 11.8 Å². The Kier molecular flexibility index (Phi) is 5.57. The lowest BCUT2D eigenvalue weighted by Crippen LogP contribution is -2.53. The summed E-state index contributed by atoms with van der Waals surface area (Å²) in [6.07, 6.45) is 7.68. The summed E-state index contributed by atoms with van der Waals surface area (Å²) in [6.45, 7) is 5.54. The van der Waals surface area contributed by atoms with Crippen molar-refractivity contribution in [3.05, 3.63) is 48.6 Å². The van der Waals surface area contributed by atoms with Crippen molar-refractivity contribution >= 4 is 11.8 Å². The van der Waals surface area contributed by atoms with Gasteiger partial charge in [-0.1, -0.05) is 49.8 Å². The Morgan fingerprint density at radius 1 is 1.16 bits per heavy atom. The van der Waals surface area contributed by atoms with Crippen molar-refractivity contribution in [3.63, 3.8) is 0 Å². The van der Waals surface area contributed by atoms with Crippen molar-refractivity contribution in [3.8, 4) is 0 Å². The van der Waals surface area contributed by atoms with Gasteiger partial charge in [-0.05, 0) is 43.2 Å². The maximum Gasteiger partial charge on any atom is 0.245 e. The molecule has 4 nitrogen and oxygen atoms in total. The largest absolute Gasteiger partial charge is 0.355 e. The van der Waals surface area contributed by atoms with E-state index in [1.165, 1.54) is 31.8 Å². The van der Waals surface area contributed by atoms with Crippen LogP contribution in [0.5, 0.6) is 0 Å². The Bertz CT molecular complexity index is 612. The molecule has 1 saturated carbocycles. The van der Waals surface area contributed by atoms with Gasteiger partial charge in [-0.2, -0.15) is 0 Å². The maximum absolute atomic E-state index is 13.2. The number of piperidine rings is 1. The van der Waals surface area contributed by atoms with Crippen LogP contribution in [0.1, 0.15) is 44.1 Å². The molecule has 1 saturated heterocycles. The minimum absolute atomic E-state index is 0.0481. The number of carbonyl (C=O) groups is 2. The molecule has 0 aromatic heterocycles. The van der Waals surface area contributed by atoms with Crippen LogP contribution in [-0.2, 0) is 15.0 Å². The standard InChI is InChI=1S/C21H28N2O2/c1-2-19(24)23-14-12-21(13-15-23,18-10-4-3-5-11-18)20(25)22-16-17-8-6-7-9-17/h2-5,10-11,17H,1,6-9,12-16H2,(H,22,25). The summed E-state index contributed by atoms with van der Waals surface area (Å²) in [5.41, 5.74) is 0.530. The second-order valence-electron chi connectivity index (χ2n) is 7.34. The van der Waals surface area contributed by atoms with E-state index in [1.54, 1.807) is 4.90 Å². The van der Waals surface area contributed by atoms with E-state index in [2.05, 4.69) is 11.9 Å². The van der Waals surface area contributed by atoms with Crippen LogP contribution in [0.4, 0.5) is 0 Å². The number of nitrogens with zero attached hydrogens (tertiary/aromatic N) is 1. The average molecular weight is 340 g/mol. The van der Waals surface area contributed by atoms with Gasteiger partial charge in [-0.15, -0.1) is 0 Å². The normalized spacial score (nSPS) is 20.2. The van der Waals surface area contributed by atoms with Gasteiger partial charge >= 0.3 is 0 Å². The molecule has 25 heavy (non-hydrogen) atoms. The molecule has 1 aliphatic heterocycles. The van der Waals surface area contributed by atoms with Crippen molar-refractivity contribution in [2.75, 3.05) is 19.6 Å². The smallest absolute Gasteiger partial charge is 0.245 e. The highest BCUT2D eigenvalue weighted by Crippen LogP contribution is 2.36. The molecule has 0 spiro atoms. The van der Waals surface area contributed by atoms with Gasteiger partial charge in [-0.3, -0.25) is 9.59 Å². The van der Waals surface area contributed by atoms with Crippen LogP contribution in [0.25, 0.3) is 0 Å².